The van der Waals surface area contributed by atoms with Crippen molar-refractivity contribution in [3.05, 3.63) is 12.2 Å². The molecule has 0 aromatic heterocycles. The normalized spacial score (nSPS) is 72.8. The van der Waals surface area contributed by atoms with Gasteiger partial charge in [-0.3, -0.25) is 0 Å². The monoisotopic (exact) mass is 132 g/mol. The van der Waals surface area contributed by atoms with E-state index in [1.54, 1.807) is 12.8 Å². The number of fused-ring (bicyclic) bond motifs is 1. The van der Waals surface area contributed by atoms with E-state index in [0.29, 0.717) is 0 Å². The van der Waals surface area contributed by atoms with Crippen molar-refractivity contribution >= 4 is 0 Å². The largest absolute Gasteiger partial charge is 0.0879 e. The van der Waals surface area contributed by atoms with Gasteiger partial charge in [0, 0.05) is 0 Å². The fourth-order valence-electron chi connectivity index (χ4n) is 4.60. The molecule has 0 saturated heterocycles. The first-order chi connectivity index (χ1) is 4.92. The van der Waals surface area contributed by atoms with E-state index in [-0.39, 0.29) is 0 Å². The number of rotatable bonds is 0. The zero-order valence-electron chi connectivity index (χ0n) is 6.14. The van der Waals surface area contributed by atoms with Crippen molar-refractivity contribution in [1.29, 1.82) is 0 Å². The molecule has 5 aliphatic rings. The molecule has 2 spiro atoms. The summed E-state index contributed by atoms with van der Waals surface area (Å²) in [6, 6.07) is 0. The van der Waals surface area contributed by atoms with Crippen LogP contribution in [-0.2, 0) is 0 Å². The van der Waals surface area contributed by atoms with Gasteiger partial charge >= 0.3 is 0 Å². The topological polar surface area (TPSA) is 0 Å². The van der Waals surface area contributed by atoms with Gasteiger partial charge in [0.25, 0.3) is 0 Å². The van der Waals surface area contributed by atoms with Crippen LogP contribution >= 0.6 is 0 Å². The second-order valence-electron chi connectivity index (χ2n) is 4.70. The van der Waals surface area contributed by atoms with Gasteiger partial charge in [-0.05, 0) is 48.3 Å². The summed E-state index contributed by atoms with van der Waals surface area (Å²) < 4.78 is 0. The Morgan fingerprint density at radius 3 is 3.00 bits per heavy atom. The lowest BCUT2D eigenvalue weighted by atomic mass is 9.81. The van der Waals surface area contributed by atoms with E-state index in [1.807, 2.05) is 0 Å². The average Bonchev–Trinajstić information content (AvgIpc) is 2.64. The molecule has 5 aliphatic carbocycles. The molecule has 52 valence electrons. The molecule has 0 aromatic carbocycles. The van der Waals surface area contributed by atoms with Crippen molar-refractivity contribution < 1.29 is 0 Å². The minimum Gasteiger partial charge on any atom is -0.0879 e. The summed E-state index contributed by atoms with van der Waals surface area (Å²) in [4.78, 5) is 0. The van der Waals surface area contributed by atoms with Crippen LogP contribution in [0.4, 0.5) is 0 Å². The second kappa shape index (κ2) is 0.929. The lowest BCUT2D eigenvalue weighted by Gasteiger charge is -2.23. The maximum atomic E-state index is 2.43. The second-order valence-corrected chi connectivity index (χ2v) is 4.70. The molecule has 1 unspecified atom stereocenters. The molecule has 4 saturated carbocycles. The standard InChI is InChI=1S/C10H12/c1-2-5-10-7-3-6-9(10,4-1)8(7)10/h1-2,7-8H,3-6H2/t7-,8-,9?,10-/m1/s1. The van der Waals surface area contributed by atoms with Gasteiger partial charge in [-0.2, -0.15) is 0 Å². The molecule has 2 bridgehead atoms. The summed E-state index contributed by atoms with van der Waals surface area (Å²) in [5.74, 6) is 2.42. The maximum Gasteiger partial charge on any atom is -0.0132 e. The van der Waals surface area contributed by atoms with Crippen molar-refractivity contribution in [2.45, 2.75) is 25.7 Å². The lowest BCUT2D eigenvalue weighted by Crippen LogP contribution is -2.15. The van der Waals surface area contributed by atoms with E-state index < -0.39 is 0 Å². The predicted molar refractivity (Wildman–Crippen MR) is 39.5 cm³/mol. The molecule has 0 radical (unpaired) electrons. The van der Waals surface area contributed by atoms with Crippen molar-refractivity contribution in [3.63, 3.8) is 0 Å². The van der Waals surface area contributed by atoms with E-state index >= 15 is 0 Å². The van der Waals surface area contributed by atoms with E-state index in [0.717, 1.165) is 10.8 Å². The van der Waals surface area contributed by atoms with E-state index in [9.17, 15) is 0 Å². The molecule has 10 heavy (non-hydrogen) atoms. The first kappa shape index (κ1) is 4.58. The van der Waals surface area contributed by atoms with Gasteiger partial charge in [0.05, 0.1) is 0 Å². The number of hydrogen-bond donors (Lipinski definition) is 0. The van der Waals surface area contributed by atoms with Crippen LogP contribution in [0.3, 0.4) is 0 Å². The van der Waals surface area contributed by atoms with Gasteiger partial charge in [0.15, 0.2) is 0 Å². The summed E-state index contributed by atoms with van der Waals surface area (Å²) >= 11 is 0. The van der Waals surface area contributed by atoms with Crippen molar-refractivity contribution in [1.82, 2.24) is 0 Å². The van der Waals surface area contributed by atoms with Crippen LogP contribution in [-0.4, -0.2) is 0 Å². The van der Waals surface area contributed by atoms with Gasteiger partial charge in [0.1, 0.15) is 0 Å². The first-order valence-electron chi connectivity index (χ1n) is 4.57. The van der Waals surface area contributed by atoms with Gasteiger partial charge in [-0.15, -0.1) is 0 Å². The molecule has 0 aromatic rings. The van der Waals surface area contributed by atoms with Gasteiger partial charge in [-0.1, -0.05) is 12.2 Å². The van der Waals surface area contributed by atoms with Gasteiger partial charge in [-0.25, -0.2) is 0 Å². The predicted octanol–water partition coefficient (Wildman–Crippen LogP) is 2.36. The molecule has 0 heterocycles. The summed E-state index contributed by atoms with van der Waals surface area (Å²) in [5.41, 5.74) is 1.84. The molecule has 0 aliphatic heterocycles. The summed E-state index contributed by atoms with van der Waals surface area (Å²) in [6.45, 7) is 0. The lowest BCUT2D eigenvalue weighted by molar-refractivity contribution is 0.312. The average molecular weight is 132 g/mol. The van der Waals surface area contributed by atoms with Crippen molar-refractivity contribution in [2.24, 2.45) is 22.7 Å². The van der Waals surface area contributed by atoms with Crippen LogP contribution in [0.5, 0.6) is 0 Å². The molecule has 0 nitrogen and oxygen atoms in total. The molecular formula is C10H12. The highest BCUT2D eigenvalue weighted by Crippen LogP contribution is 3.01. The summed E-state index contributed by atoms with van der Waals surface area (Å²) in [5, 5.41) is 0. The number of allylic oxidation sites excluding steroid dienone is 2. The van der Waals surface area contributed by atoms with Crippen LogP contribution in [0.1, 0.15) is 25.7 Å². The minimum absolute atomic E-state index is 0.909. The zero-order valence-corrected chi connectivity index (χ0v) is 6.14. The Bertz CT molecular complexity index is 239. The van der Waals surface area contributed by atoms with E-state index in [1.165, 1.54) is 24.7 Å². The molecular weight excluding hydrogens is 120 g/mol. The summed E-state index contributed by atoms with van der Waals surface area (Å²) in [6.07, 6.45) is 10.9. The van der Waals surface area contributed by atoms with Crippen LogP contribution < -0.4 is 0 Å². The summed E-state index contributed by atoms with van der Waals surface area (Å²) in [7, 11) is 0. The van der Waals surface area contributed by atoms with Crippen molar-refractivity contribution in [3.8, 4) is 0 Å². The molecule has 4 atom stereocenters. The van der Waals surface area contributed by atoms with Crippen molar-refractivity contribution in [2.75, 3.05) is 0 Å². The van der Waals surface area contributed by atoms with E-state index in [2.05, 4.69) is 12.2 Å². The Labute approximate surface area is 61.3 Å². The Morgan fingerprint density at radius 1 is 1.20 bits per heavy atom. The van der Waals surface area contributed by atoms with Gasteiger partial charge in [0.2, 0.25) is 0 Å². The highest BCUT2D eigenvalue weighted by atomic mass is 15.0. The Hall–Kier alpha value is -0.260. The first-order valence-corrected chi connectivity index (χ1v) is 4.57. The zero-order chi connectivity index (χ0) is 6.40. The molecule has 0 amide bonds. The molecule has 5 rings (SSSR count). The third kappa shape index (κ3) is 0.202. The quantitative estimate of drug-likeness (QED) is 0.444. The Morgan fingerprint density at radius 2 is 2.10 bits per heavy atom. The molecule has 4 fully saturated rings. The SMILES string of the molecule is C1=CC[C@]23[C@@H]4CCC2(C1)[C@@H]43. The van der Waals surface area contributed by atoms with Crippen LogP contribution in [0.15, 0.2) is 12.2 Å². The van der Waals surface area contributed by atoms with Crippen LogP contribution in [0, 0.1) is 22.7 Å². The molecule has 0 heteroatoms. The smallest absolute Gasteiger partial charge is 0.0132 e. The highest BCUT2D eigenvalue weighted by Gasteiger charge is 2.96. The third-order valence-electron chi connectivity index (χ3n) is 4.95. The number of hydrogen-bond acceptors (Lipinski definition) is 0. The minimum atomic E-state index is 0.909. The van der Waals surface area contributed by atoms with E-state index in [4.69, 9.17) is 0 Å². The van der Waals surface area contributed by atoms with Gasteiger partial charge < -0.3 is 0 Å². The maximum absolute atomic E-state index is 2.43. The highest BCUT2D eigenvalue weighted by molar-refractivity contribution is 5.46. The van der Waals surface area contributed by atoms with Crippen LogP contribution in [0.25, 0.3) is 0 Å². The van der Waals surface area contributed by atoms with Crippen LogP contribution in [0.2, 0.25) is 0 Å². The Kier molecular flexibility index (Phi) is 0.426. The fraction of sp³-hybridized carbons (Fsp3) is 0.800. The fourth-order valence-corrected chi connectivity index (χ4v) is 4.60. The molecule has 0 N–H and O–H groups in total. The Balaban J connectivity index is 1.94. The third-order valence-corrected chi connectivity index (χ3v) is 4.95.